The summed E-state index contributed by atoms with van der Waals surface area (Å²) >= 11 is 0. The van der Waals surface area contributed by atoms with Gasteiger partial charge in [-0.1, -0.05) is 0 Å². The quantitative estimate of drug-likeness (QED) is 0.684. The minimum Gasteiger partial charge on any atom is -0.494 e. The molecule has 6 heteroatoms. The number of benzene rings is 1. The number of hydrogen-bond donors (Lipinski definition) is 0. The van der Waals surface area contributed by atoms with Crippen molar-refractivity contribution < 1.29 is 13.9 Å². The Hall–Kier alpha value is -1.66. The van der Waals surface area contributed by atoms with Crippen LogP contribution in [0.25, 0.3) is 0 Å². The standard InChI is InChI=1S/C21H32FN3O2/c1-17(2)25-10-8-18(16-25)21(26)24-13-11-23(12-14-24)9-3-15-27-20-6-4-19(22)5-7-20/h4-7,17-18H,3,8-16H2,1-2H3/t18-/m0/s1. The highest BCUT2D eigenvalue weighted by molar-refractivity contribution is 5.79. The van der Waals surface area contributed by atoms with Gasteiger partial charge in [0.05, 0.1) is 12.5 Å². The predicted octanol–water partition coefficient (Wildman–Crippen LogP) is 2.47. The third kappa shape index (κ3) is 5.66. The minimum absolute atomic E-state index is 0.183. The lowest BCUT2D eigenvalue weighted by atomic mass is 10.1. The van der Waals surface area contributed by atoms with Gasteiger partial charge < -0.3 is 14.5 Å². The van der Waals surface area contributed by atoms with Crippen molar-refractivity contribution in [1.29, 1.82) is 0 Å². The molecule has 3 rings (SSSR count). The number of piperazine rings is 1. The molecule has 0 aliphatic carbocycles. The molecule has 150 valence electrons. The molecule has 1 aromatic rings. The van der Waals surface area contributed by atoms with Crippen LogP contribution in [0.5, 0.6) is 5.75 Å². The first-order valence-corrected chi connectivity index (χ1v) is 10.2. The van der Waals surface area contributed by atoms with Gasteiger partial charge in [-0.15, -0.1) is 0 Å². The number of halogens is 1. The SMILES string of the molecule is CC(C)N1CC[C@H](C(=O)N2CCN(CCCOc3ccc(F)cc3)CC2)C1. The third-order valence-corrected chi connectivity index (χ3v) is 5.68. The summed E-state index contributed by atoms with van der Waals surface area (Å²) in [5.74, 6) is 0.989. The van der Waals surface area contributed by atoms with Crippen molar-refractivity contribution in [3.63, 3.8) is 0 Å². The lowest BCUT2D eigenvalue weighted by Crippen LogP contribution is -2.50. The highest BCUT2D eigenvalue weighted by Gasteiger charge is 2.33. The lowest BCUT2D eigenvalue weighted by Gasteiger charge is -2.36. The second-order valence-corrected chi connectivity index (χ2v) is 7.90. The fourth-order valence-corrected chi connectivity index (χ4v) is 3.92. The van der Waals surface area contributed by atoms with Crippen molar-refractivity contribution in [2.24, 2.45) is 5.92 Å². The van der Waals surface area contributed by atoms with Gasteiger partial charge in [0, 0.05) is 45.3 Å². The number of nitrogens with zero attached hydrogens (tertiary/aromatic N) is 3. The van der Waals surface area contributed by atoms with E-state index in [1.54, 1.807) is 12.1 Å². The molecule has 1 aromatic carbocycles. The van der Waals surface area contributed by atoms with Gasteiger partial charge in [0.25, 0.3) is 0 Å². The number of ether oxygens (including phenoxy) is 1. The smallest absolute Gasteiger partial charge is 0.227 e. The summed E-state index contributed by atoms with van der Waals surface area (Å²) in [6.07, 6.45) is 1.93. The van der Waals surface area contributed by atoms with E-state index in [0.29, 0.717) is 24.3 Å². The van der Waals surface area contributed by atoms with Crippen LogP contribution in [0.15, 0.2) is 24.3 Å². The van der Waals surface area contributed by atoms with Crippen molar-refractivity contribution in [2.75, 3.05) is 52.4 Å². The zero-order chi connectivity index (χ0) is 19.2. The minimum atomic E-state index is -0.246. The Morgan fingerprint density at radius 3 is 2.48 bits per heavy atom. The fraction of sp³-hybridized carbons (Fsp3) is 0.667. The number of rotatable bonds is 7. The molecular formula is C21H32FN3O2. The van der Waals surface area contributed by atoms with Crippen LogP contribution in [0.3, 0.4) is 0 Å². The zero-order valence-corrected chi connectivity index (χ0v) is 16.6. The first-order chi connectivity index (χ1) is 13.0. The Morgan fingerprint density at radius 1 is 1.15 bits per heavy atom. The van der Waals surface area contributed by atoms with E-state index in [1.807, 2.05) is 0 Å². The molecule has 1 amide bonds. The maximum atomic E-state index is 12.9. The van der Waals surface area contributed by atoms with Crippen molar-refractivity contribution in [3.8, 4) is 5.75 Å². The van der Waals surface area contributed by atoms with Crippen LogP contribution in [-0.4, -0.2) is 79.1 Å². The second kappa shape index (κ2) is 9.51. The number of amides is 1. The van der Waals surface area contributed by atoms with Crippen LogP contribution < -0.4 is 4.74 Å². The molecule has 2 saturated heterocycles. The monoisotopic (exact) mass is 377 g/mol. The predicted molar refractivity (Wildman–Crippen MR) is 104 cm³/mol. The van der Waals surface area contributed by atoms with Gasteiger partial charge in [0.2, 0.25) is 5.91 Å². The van der Waals surface area contributed by atoms with E-state index in [2.05, 4.69) is 28.5 Å². The summed E-state index contributed by atoms with van der Waals surface area (Å²) in [7, 11) is 0. The molecule has 0 bridgehead atoms. The third-order valence-electron chi connectivity index (χ3n) is 5.68. The summed E-state index contributed by atoms with van der Waals surface area (Å²) in [6.45, 7) is 11.5. The highest BCUT2D eigenvalue weighted by Crippen LogP contribution is 2.21. The summed E-state index contributed by atoms with van der Waals surface area (Å²) < 4.78 is 18.5. The van der Waals surface area contributed by atoms with Crippen LogP contribution in [0.1, 0.15) is 26.7 Å². The Bertz CT molecular complexity index is 600. The van der Waals surface area contributed by atoms with Crippen molar-refractivity contribution in [1.82, 2.24) is 14.7 Å². The number of carbonyl (C=O) groups excluding carboxylic acids is 1. The van der Waals surface area contributed by atoms with Crippen LogP contribution >= 0.6 is 0 Å². The summed E-state index contributed by atoms with van der Waals surface area (Å²) in [4.78, 5) is 19.6. The summed E-state index contributed by atoms with van der Waals surface area (Å²) in [5.41, 5.74) is 0. The van der Waals surface area contributed by atoms with E-state index >= 15 is 0 Å². The fourth-order valence-electron chi connectivity index (χ4n) is 3.92. The first-order valence-electron chi connectivity index (χ1n) is 10.2. The van der Waals surface area contributed by atoms with Gasteiger partial charge >= 0.3 is 0 Å². The molecule has 0 aromatic heterocycles. The number of carbonyl (C=O) groups is 1. The van der Waals surface area contributed by atoms with Crippen LogP contribution in [0.4, 0.5) is 4.39 Å². The Labute approximate surface area is 162 Å². The van der Waals surface area contributed by atoms with E-state index in [4.69, 9.17) is 4.74 Å². The van der Waals surface area contributed by atoms with E-state index in [-0.39, 0.29) is 11.7 Å². The van der Waals surface area contributed by atoms with Gasteiger partial charge in [-0.25, -0.2) is 4.39 Å². The van der Waals surface area contributed by atoms with Gasteiger partial charge in [0.1, 0.15) is 11.6 Å². The molecule has 27 heavy (non-hydrogen) atoms. The van der Waals surface area contributed by atoms with Gasteiger partial charge in [0.15, 0.2) is 0 Å². The molecule has 0 saturated carbocycles. The summed E-state index contributed by atoms with van der Waals surface area (Å²) in [6, 6.07) is 6.66. The highest BCUT2D eigenvalue weighted by atomic mass is 19.1. The van der Waals surface area contributed by atoms with Crippen molar-refractivity contribution in [3.05, 3.63) is 30.1 Å². The molecular weight excluding hydrogens is 345 g/mol. The van der Waals surface area contributed by atoms with Gasteiger partial charge in [-0.3, -0.25) is 9.69 Å². The molecule has 0 N–H and O–H groups in total. The van der Waals surface area contributed by atoms with Crippen LogP contribution in [0, 0.1) is 11.7 Å². The molecule has 2 fully saturated rings. The Morgan fingerprint density at radius 2 is 1.85 bits per heavy atom. The zero-order valence-electron chi connectivity index (χ0n) is 16.6. The van der Waals surface area contributed by atoms with Crippen molar-refractivity contribution in [2.45, 2.75) is 32.7 Å². The largest absolute Gasteiger partial charge is 0.494 e. The van der Waals surface area contributed by atoms with E-state index < -0.39 is 0 Å². The van der Waals surface area contributed by atoms with Gasteiger partial charge in [-0.2, -0.15) is 0 Å². The number of likely N-dealkylation sites (tertiary alicyclic amines) is 1. The molecule has 2 aliphatic rings. The second-order valence-electron chi connectivity index (χ2n) is 7.90. The van der Waals surface area contributed by atoms with E-state index in [0.717, 1.165) is 58.7 Å². The van der Waals surface area contributed by atoms with Crippen LogP contribution in [0.2, 0.25) is 0 Å². The topological polar surface area (TPSA) is 36.0 Å². The molecule has 0 unspecified atom stereocenters. The maximum Gasteiger partial charge on any atom is 0.227 e. The molecule has 2 aliphatic heterocycles. The Kier molecular flexibility index (Phi) is 7.07. The van der Waals surface area contributed by atoms with E-state index in [1.165, 1.54) is 12.1 Å². The molecule has 0 radical (unpaired) electrons. The Balaban J connectivity index is 1.32. The number of hydrogen-bond acceptors (Lipinski definition) is 4. The average molecular weight is 378 g/mol. The van der Waals surface area contributed by atoms with E-state index in [9.17, 15) is 9.18 Å². The van der Waals surface area contributed by atoms with Crippen LogP contribution in [-0.2, 0) is 4.79 Å². The molecule has 2 heterocycles. The lowest BCUT2D eigenvalue weighted by molar-refractivity contribution is -0.137. The summed E-state index contributed by atoms with van der Waals surface area (Å²) in [5, 5.41) is 0. The molecule has 0 spiro atoms. The first kappa shape index (κ1) is 20.1. The van der Waals surface area contributed by atoms with Gasteiger partial charge in [-0.05, 0) is 57.5 Å². The van der Waals surface area contributed by atoms with Crippen molar-refractivity contribution >= 4 is 5.91 Å². The molecule has 1 atom stereocenters. The molecule has 5 nitrogen and oxygen atoms in total. The average Bonchev–Trinajstić information content (AvgIpc) is 3.17. The normalized spacial score (nSPS) is 21.8. The maximum absolute atomic E-state index is 12.9.